The standard InChI is InChI=1S/C13H17N5O/c1-3-18-8-11(14)12(17-18)13(19)15-7-10-6-4-5-9(2)16-10/h4-6,8H,3,7,14H2,1-2H3,(H,15,19). The fraction of sp³-hybridized carbons (Fsp3) is 0.308. The van der Waals surface area contributed by atoms with Crippen LogP contribution in [-0.4, -0.2) is 20.7 Å². The third-order valence-corrected chi connectivity index (χ3v) is 2.71. The SMILES string of the molecule is CCn1cc(N)c(C(=O)NCc2cccc(C)n2)n1. The number of anilines is 1. The minimum absolute atomic E-state index is 0.259. The summed E-state index contributed by atoms with van der Waals surface area (Å²) in [4.78, 5) is 16.3. The largest absolute Gasteiger partial charge is 0.396 e. The average Bonchev–Trinajstić information content (AvgIpc) is 2.77. The van der Waals surface area contributed by atoms with E-state index in [2.05, 4.69) is 15.4 Å². The van der Waals surface area contributed by atoms with Crippen LogP contribution in [0.25, 0.3) is 0 Å². The Balaban J connectivity index is 2.03. The quantitative estimate of drug-likeness (QED) is 0.861. The second-order valence-electron chi connectivity index (χ2n) is 4.24. The molecule has 1 amide bonds. The molecule has 0 saturated carbocycles. The third-order valence-electron chi connectivity index (χ3n) is 2.71. The number of aromatic nitrogens is 3. The zero-order chi connectivity index (χ0) is 13.8. The van der Waals surface area contributed by atoms with Crippen molar-refractivity contribution in [2.24, 2.45) is 0 Å². The van der Waals surface area contributed by atoms with Gasteiger partial charge < -0.3 is 11.1 Å². The lowest BCUT2D eigenvalue weighted by atomic mass is 10.3. The van der Waals surface area contributed by atoms with Crippen LogP contribution in [0, 0.1) is 6.92 Å². The van der Waals surface area contributed by atoms with Gasteiger partial charge in [0, 0.05) is 18.4 Å². The maximum Gasteiger partial charge on any atom is 0.274 e. The fourth-order valence-electron chi connectivity index (χ4n) is 1.73. The first-order valence-electron chi connectivity index (χ1n) is 6.13. The first-order valence-corrected chi connectivity index (χ1v) is 6.13. The van der Waals surface area contributed by atoms with Crippen LogP contribution < -0.4 is 11.1 Å². The molecule has 0 bridgehead atoms. The van der Waals surface area contributed by atoms with Gasteiger partial charge in [-0.2, -0.15) is 5.10 Å². The number of nitrogens with one attached hydrogen (secondary N) is 1. The topological polar surface area (TPSA) is 85.8 Å². The zero-order valence-corrected chi connectivity index (χ0v) is 11.1. The van der Waals surface area contributed by atoms with E-state index in [0.717, 1.165) is 11.4 Å². The summed E-state index contributed by atoms with van der Waals surface area (Å²) < 4.78 is 1.63. The second-order valence-corrected chi connectivity index (χ2v) is 4.24. The first-order chi connectivity index (χ1) is 9.10. The summed E-state index contributed by atoms with van der Waals surface area (Å²) in [6.45, 7) is 4.88. The molecule has 2 rings (SSSR count). The molecule has 0 aliphatic rings. The predicted octanol–water partition coefficient (Wildman–Crippen LogP) is 1.12. The van der Waals surface area contributed by atoms with E-state index in [1.807, 2.05) is 32.0 Å². The van der Waals surface area contributed by atoms with Gasteiger partial charge in [-0.05, 0) is 26.0 Å². The summed E-state index contributed by atoms with van der Waals surface area (Å²) in [5, 5.41) is 6.88. The molecular weight excluding hydrogens is 242 g/mol. The van der Waals surface area contributed by atoms with Crippen LogP contribution in [0.5, 0.6) is 0 Å². The van der Waals surface area contributed by atoms with Gasteiger partial charge in [-0.25, -0.2) is 0 Å². The third kappa shape index (κ3) is 3.09. The van der Waals surface area contributed by atoms with Gasteiger partial charge in [0.1, 0.15) is 0 Å². The molecule has 2 aromatic rings. The van der Waals surface area contributed by atoms with E-state index in [4.69, 9.17) is 5.73 Å². The number of rotatable bonds is 4. The molecule has 19 heavy (non-hydrogen) atoms. The van der Waals surface area contributed by atoms with Crippen molar-refractivity contribution in [2.45, 2.75) is 26.9 Å². The Bertz CT molecular complexity index is 590. The molecule has 6 nitrogen and oxygen atoms in total. The Morgan fingerprint density at radius 1 is 1.47 bits per heavy atom. The molecule has 0 fully saturated rings. The van der Waals surface area contributed by atoms with Crippen molar-refractivity contribution in [3.8, 4) is 0 Å². The number of hydrogen-bond donors (Lipinski definition) is 2. The van der Waals surface area contributed by atoms with Crippen LogP contribution in [-0.2, 0) is 13.1 Å². The molecular formula is C13H17N5O. The van der Waals surface area contributed by atoms with E-state index >= 15 is 0 Å². The number of aryl methyl sites for hydroxylation is 2. The normalized spacial score (nSPS) is 10.4. The molecule has 0 aliphatic carbocycles. The Hall–Kier alpha value is -2.37. The van der Waals surface area contributed by atoms with Gasteiger partial charge in [0.25, 0.3) is 5.91 Å². The van der Waals surface area contributed by atoms with Crippen molar-refractivity contribution in [1.29, 1.82) is 0 Å². The van der Waals surface area contributed by atoms with Gasteiger partial charge in [0.05, 0.1) is 17.9 Å². The van der Waals surface area contributed by atoms with Gasteiger partial charge in [-0.15, -0.1) is 0 Å². The number of nitrogens with two attached hydrogens (primary N) is 1. The monoisotopic (exact) mass is 259 g/mol. The van der Waals surface area contributed by atoms with Crippen LogP contribution in [0.3, 0.4) is 0 Å². The van der Waals surface area contributed by atoms with Crippen LogP contribution in [0.2, 0.25) is 0 Å². The number of amides is 1. The summed E-state index contributed by atoms with van der Waals surface area (Å²) in [6, 6.07) is 5.68. The van der Waals surface area contributed by atoms with Crippen molar-refractivity contribution in [3.05, 3.63) is 41.5 Å². The van der Waals surface area contributed by atoms with E-state index < -0.39 is 0 Å². The van der Waals surface area contributed by atoms with Crippen molar-refractivity contribution in [2.75, 3.05) is 5.73 Å². The minimum Gasteiger partial charge on any atom is -0.396 e. The molecule has 2 heterocycles. The molecule has 0 atom stereocenters. The molecule has 2 aromatic heterocycles. The Morgan fingerprint density at radius 3 is 2.89 bits per heavy atom. The number of hydrogen-bond acceptors (Lipinski definition) is 4. The van der Waals surface area contributed by atoms with Gasteiger partial charge >= 0.3 is 0 Å². The Kier molecular flexibility index (Phi) is 3.79. The highest BCUT2D eigenvalue weighted by Crippen LogP contribution is 2.09. The van der Waals surface area contributed by atoms with Gasteiger partial charge in [0.2, 0.25) is 0 Å². The van der Waals surface area contributed by atoms with E-state index in [1.165, 1.54) is 0 Å². The lowest BCUT2D eigenvalue weighted by Gasteiger charge is -2.04. The smallest absolute Gasteiger partial charge is 0.274 e. The van der Waals surface area contributed by atoms with Crippen LogP contribution >= 0.6 is 0 Å². The van der Waals surface area contributed by atoms with Crippen LogP contribution in [0.4, 0.5) is 5.69 Å². The van der Waals surface area contributed by atoms with Crippen molar-refractivity contribution in [3.63, 3.8) is 0 Å². The number of pyridine rings is 1. The molecule has 0 saturated heterocycles. The van der Waals surface area contributed by atoms with Crippen molar-refractivity contribution < 1.29 is 4.79 Å². The number of carbonyl (C=O) groups is 1. The van der Waals surface area contributed by atoms with E-state index in [9.17, 15) is 4.79 Å². The molecule has 0 unspecified atom stereocenters. The molecule has 100 valence electrons. The Labute approximate surface area is 111 Å². The first kappa shape index (κ1) is 13.1. The van der Waals surface area contributed by atoms with Crippen molar-refractivity contribution in [1.82, 2.24) is 20.1 Å². The molecule has 6 heteroatoms. The lowest BCUT2D eigenvalue weighted by molar-refractivity contribution is 0.0945. The molecule has 0 spiro atoms. The maximum absolute atomic E-state index is 12.0. The molecule has 0 aromatic carbocycles. The minimum atomic E-state index is -0.284. The zero-order valence-electron chi connectivity index (χ0n) is 11.1. The summed E-state index contributed by atoms with van der Waals surface area (Å²) in [7, 11) is 0. The van der Waals surface area contributed by atoms with Gasteiger partial charge in [-0.3, -0.25) is 14.5 Å². The molecule has 0 aliphatic heterocycles. The van der Waals surface area contributed by atoms with Gasteiger partial charge in [-0.1, -0.05) is 6.07 Å². The average molecular weight is 259 g/mol. The second kappa shape index (κ2) is 5.51. The molecule has 0 radical (unpaired) electrons. The van der Waals surface area contributed by atoms with E-state index in [0.29, 0.717) is 18.8 Å². The number of nitrogen functional groups attached to an aromatic ring is 1. The van der Waals surface area contributed by atoms with Crippen LogP contribution in [0.1, 0.15) is 28.8 Å². The summed E-state index contributed by atoms with van der Waals surface area (Å²) in [6.07, 6.45) is 1.65. The fourth-order valence-corrected chi connectivity index (χ4v) is 1.73. The number of nitrogens with zero attached hydrogens (tertiary/aromatic N) is 3. The predicted molar refractivity (Wildman–Crippen MR) is 72.5 cm³/mol. The highest BCUT2D eigenvalue weighted by Gasteiger charge is 2.14. The lowest BCUT2D eigenvalue weighted by Crippen LogP contribution is -2.24. The van der Waals surface area contributed by atoms with E-state index in [1.54, 1.807) is 10.9 Å². The van der Waals surface area contributed by atoms with Crippen molar-refractivity contribution >= 4 is 11.6 Å². The molecule has 3 N–H and O–H groups in total. The highest BCUT2D eigenvalue weighted by molar-refractivity contribution is 5.96. The summed E-state index contributed by atoms with van der Waals surface area (Å²) >= 11 is 0. The van der Waals surface area contributed by atoms with Gasteiger partial charge in [0.15, 0.2) is 5.69 Å². The summed E-state index contributed by atoms with van der Waals surface area (Å²) in [5.74, 6) is -0.284. The van der Waals surface area contributed by atoms with E-state index in [-0.39, 0.29) is 11.6 Å². The number of carbonyl (C=O) groups excluding carboxylic acids is 1. The maximum atomic E-state index is 12.0. The highest BCUT2D eigenvalue weighted by atomic mass is 16.2. The van der Waals surface area contributed by atoms with Crippen LogP contribution in [0.15, 0.2) is 24.4 Å². The Morgan fingerprint density at radius 2 is 2.26 bits per heavy atom. The summed E-state index contributed by atoms with van der Waals surface area (Å²) in [5.41, 5.74) is 8.12.